The summed E-state index contributed by atoms with van der Waals surface area (Å²) in [5.74, 6) is -0.0841. The van der Waals surface area contributed by atoms with Gasteiger partial charge in [0.05, 0.1) is 10.6 Å². The molecule has 0 saturated carbocycles. The fourth-order valence-electron chi connectivity index (χ4n) is 0.641. The molecule has 1 aromatic carbocycles. The van der Waals surface area contributed by atoms with E-state index in [0.29, 0.717) is 0 Å². The molecule has 1 aromatic rings. The summed E-state index contributed by atoms with van der Waals surface area (Å²) in [6.07, 6.45) is 0. The number of rotatable bonds is 1. The van der Waals surface area contributed by atoms with Crippen LogP contribution in [0.4, 0.5) is 5.69 Å². The smallest absolute Gasteiger partial charge is 0.186 e. The minimum Gasteiger partial charge on any atom is -0.506 e. The first kappa shape index (κ1) is 8.03. The van der Waals surface area contributed by atoms with E-state index in [-0.39, 0.29) is 16.3 Å². The van der Waals surface area contributed by atoms with Crippen LogP contribution in [-0.2, 0) is 11.1 Å². The van der Waals surface area contributed by atoms with E-state index in [4.69, 9.17) is 15.4 Å². The lowest BCUT2D eigenvalue weighted by Gasteiger charge is -1.98. The van der Waals surface area contributed by atoms with Gasteiger partial charge in [-0.05, 0) is 18.2 Å². The maximum Gasteiger partial charge on any atom is 0.186 e. The van der Waals surface area contributed by atoms with E-state index in [1.807, 2.05) is 0 Å². The number of hydrogen-bond acceptors (Lipinski definition) is 3. The van der Waals surface area contributed by atoms with Crippen molar-refractivity contribution in [2.24, 2.45) is 0 Å². The molecular formula is C6H7NO3S. The Hall–Kier alpha value is -1.07. The molecule has 5 heteroatoms. The Morgan fingerprint density at radius 3 is 2.55 bits per heavy atom. The maximum absolute atomic E-state index is 10.4. The predicted octanol–water partition coefficient (Wildman–Crippen LogP) is 0.555. The van der Waals surface area contributed by atoms with Crippen LogP contribution in [0.2, 0.25) is 0 Å². The van der Waals surface area contributed by atoms with Crippen molar-refractivity contribution in [3.05, 3.63) is 18.2 Å². The maximum atomic E-state index is 10.4. The zero-order valence-electron chi connectivity index (χ0n) is 5.52. The molecule has 0 spiro atoms. The van der Waals surface area contributed by atoms with Gasteiger partial charge in [0.2, 0.25) is 0 Å². The highest BCUT2D eigenvalue weighted by atomic mass is 32.2. The van der Waals surface area contributed by atoms with Gasteiger partial charge in [0, 0.05) is 0 Å². The van der Waals surface area contributed by atoms with Crippen LogP contribution < -0.4 is 5.73 Å². The SMILES string of the molecule is Nc1cc(S(=O)O)ccc1O. The minimum absolute atomic E-state index is 0.0841. The summed E-state index contributed by atoms with van der Waals surface area (Å²) in [6.45, 7) is 0. The molecule has 0 aliphatic heterocycles. The lowest BCUT2D eigenvalue weighted by Crippen LogP contribution is -1.91. The Balaban J connectivity index is 3.15. The van der Waals surface area contributed by atoms with Gasteiger partial charge in [-0.3, -0.25) is 0 Å². The normalized spacial score (nSPS) is 12.8. The first-order valence-corrected chi connectivity index (χ1v) is 3.91. The summed E-state index contributed by atoms with van der Waals surface area (Å²) in [4.78, 5) is 0.181. The standard InChI is InChI=1S/C6H7NO3S/c7-5-3-4(11(9)10)1-2-6(5)8/h1-3,8H,7H2,(H,9,10). The van der Waals surface area contributed by atoms with Crippen molar-refractivity contribution in [2.75, 3.05) is 5.73 Å². The summed E-state index contributed by atoms with van der Waals surface area (Å²) in [6, 6.07) is 3.87. The third-order valence-electron chi connectivity index (χ3n) is 1.20. The summed E-state index contributed by atoms with van der Waals surface area (Å²) in [5.41, 5.74) is 5.36. The quantitative estimate of drug-likeness (QED) is 0.329. The van der Waals surface area contributed by atoms with E-state index in [2.05, 4.69) is 0 Å². The second kappa shape index (κ2) is 2.89. The van der Waals surface area contributed by atoms with Crippen molar-refractivity contribution in [3.63, 3.8) is 0 Å². The summed E-state index contributed by atoms with van der Waals surface area (Å²) >= 11 is -2.04. The monoisotopic (exact) mass is 173 g/mol. The third-order valence-corrected chi connectivity index (χ3v) is 1.86. The molecule has 11 heavy (non-hydrogen) atoms. The molecule has 0 saturated heterocycles. The van der Waals surface area contributed by atoms with Crippen molar-refractivity contribution in [1.29, 1.82) is 0 Å². The first-order chi connectivity index (χ1) is 5.11. The first-order valence-electron chi connectivity index (χ1n) is 2.80. The average molecular weight is 173 g/mol. The number of phenolic OH excluding ortho intramolecular Hbond substituents is 1. The van der Waals surface area contributed by atoms with Crippen molar-refractivity contribution >= 4 is 16.8 Å². The van der Waals surface area contributed by atoms with E-state index in [1.54, 1.807) is 0 Å². The molecule has 0 radical (unpaired) electrons. The van der Waals surface area contributed by atoms with E-state index < -0.39 is 11.1 Å². The van der Waals surface area contributed by atoms with E-state index >= 15 is 0 Å². The van der Waals surface area contributed by atoms with Crippen LogP contribution in [0.25, 0.3) is 0 Å². The molecule has 1 atom stereocenters. The highest BCUT2D eigenvalue weighted by molar-refractivity contribution is 7.79. The molecule has 1 rings (SSSR count). The molecule has 0 aliphatic carbocycles. The summed E-state index contributed by atoms with van der Waals surface area (Å²) in [7, 11) is 0. The molecular weight excluding hydrogens is 166 g/mol. The lowest BCUT2D eigenvalue weighted by molar-refractivity contribution is 0.477. The van der Waals surface area contributed by atoms with Crippen LogP contribution in [-0.4, -0.2) is 13.9 Å². The zero-order chi connectivity index (χ0) is 8.43. The molecule has 1 unspecified atom stereocenters. The molecule has 4 N–H and O–H groups in total. The number of nitrogens with two attached hydrogens (primary N) is 1. The fraction of sp³-hybridized carbons (Fsp3) is 0. The fourth-order valence-corrected chi connectivity index (χ4v) is 1.05. The molecule has 0 fully saturated rings. The van der Waals surface area contributed by atoms with Crippen LogP contribution in [0.5, 0.6) is 5.75 Å². The average Bonchev–Trinajstić information content (AvgIpc) is 1.94. The van der Waals surface area contributed by atoms with E-state index in [1.165, 1.54) is 18.2 Å². The molecule has 0 heterocycles. The van der Waals surface area contributed by atoms with Gasteiger partial charge < -0.3 is 15.4 Å². The largest absolute Gasteiger partial charge is 0.506 e. The van der Waals surface area contributed by atoms with Gasteiger partial charge in [-0.1, -0.05) is 0 Å². The highest BCUT2D eigenvalue weighted by Gasteiger charge is 2.02. The minimum atomic E-state index is -2.04. The van der Waals surface area contributed by atoms with Gasteiger partial charge in [0.15, 0.2) is 11.1 Å². The summed E-state index contributed by atoms with van der Waals surface area (Å²) in [5, 5.41) is 8.92. The Bertz CT molecular complexity index is 300. The van der Waals surface area contributed by atoms with Crippen LogP contribution in [0.3, 0.4) is 0 Å². The van der Waals surface area contributed by atoms with Crippen molar-refractivity contribution in [3.8, 4) is 5.75 Å². The molecule has 0 amide bonds. The van der Waals surface area contributed by atoms with Crippen LogP contribution in [0, 0.1) is 0 Å². The third kappa shape index (κ3) is 1.69. The zero-order valence-corrected chi connectivity index (χ0v) is 6.34. The Morgan fingerprint density at radius 2 is 2.09 bits per heavy atom. The molecule has 0 aliphatic rings. The Kier molecular flexibility index (Phi) is 2.11. The van der Waals surface area contributed by atoms with E-state index in [0.717, 1.165) is 0 Å². The van der Waals surface area contributed by atoms with Crippen molar-refractivity contribution < 1.29 is 13.9 Å². The molecule has 60 valence electrons. The van der Waals surface area contributed by atoms with Gasteiger partial charge in [-0.15, -0.1) is 0 Å². The van der Waals surface area contributed by atoms with Crippen LogP contribution in [0.1, 0.15) is 0 Å². The van der Waals surface area contributed by atoms with Crippen molar-refractivity contribution in [1.82, 2.24) is 0 Å². The molecule has 0 bridgehead atoms. The Morgan fingerprint density at radius 1 is 1.45 bits per heavy atom. The number of anilines is 1. The molecule has 0 aromatic heterocycles. The topological polar surface area (TPSA) is 83.6 Å². The van der Waals surface area contributed by atoms with Crippen LogP contribution >= 0.6 is 0 Å². The lowest BCUT2D eigenvalue weighted by atomic mass is 10.3. The number of benzene rings is 1. The van der Waals surface area contributed by atoms with Crippen molar-refractivity contribution in [2.45, 2.75) is 4.90 Å². The number of nitrogen functional groups attached to an aromatic ring is 1. The van der Waals surface area contributed by atoms with Gasteiger partial charge in [0.1, 0.15) is 5.75 Å². The summed E-state index contributed by atoms with van der Waals surface area (Å²) < 4.78 is 19.0. The van der Waals surface area contributed by atoms with Gasteiger partial charge in [-0.25, -0.2) is 4.21 Å². The second-order valence-electron chi connectivity index (χ2n) is 1.97. The highest BCUT2D eigenvalue weighted by Crippen LogP contribution is 2.21. The predicted molar refractivity (Wildman–Crippen MR) is 41.6 cm³/mol. The molecule has 4 nitrogen and oxygen atoms in total. The van der Waals surface area contributed by atoms with Gasteiger partial charge in [0.25, 0.3) is 0 Å². The Labute approximate surface area is 65.9 Å². The van der Waals surface area contributed by atoms with E-state index in [9.17, 15) is 4.21 Å². The van der Waals surface area contributed by atoms with Gasteiger partial charge in [-0.2, -0.15) is 0 Å². The number of aromatic hydroxyl groups is 1. The number of hydrogen-bond donors (Lipinski definition) is 3. The van der Waals surface area contributed by atoms with Crippen LogP contribution in [0.15, 0.2) is 23.1 Å². The number of phenols is 1. The second-order valence-corrected chi connectivity index (χ2v) is 2.94. The van der Waals surface area contributed by atoms with Gasteiger partial charge >= 0.3 is 0 Å².